The number of thiazole rings is 1. The van der Waals surface area contributed by atoms with Crippen molar-refractivity contribution >= 4 is 22.8 Å². The predicted octanol–water partition coefficient (Wildman–Crippen LogP) is 1.22. The second-order valence-electron chi connectivity index (χ2n) is 5.72. The van der Waals surface area contributed by atoms with Crippen LogP contribution in [0.5, 0.6) is 5.88 Å². The zero-order valence-electron chi connectivity index (χ0n) is 13.2. The number of carbonyl (C=O) groups is 1. The van der Waals surface area contributed by atoms with E-state index >= 15 is 0 Å². The number of carbonyl (C=O) groups excluding carboxylic acids is 1. The maximum atomic E-state index is 12.3. The Labute approximate surface area is 146 Å². The molecule has 4 rings (SSSR count). The highest BCUT2D eigenvalue weighted by molar-refractivity contribution is 7.11. The number of nitrogens with zero attached hydrogens (tertiary/aromatic N) is 2. The van der Waals surface area contributed by atoms with Crippen LogP contribution < -0.4 is 15.4 Å². The third-order valence-electron chi connectivity index (χ3n) is 4.17. The molecule has 1 aliphatic rings. The Hall–Kier alpha value is -2.99. The minimum absolute atomic E-state index is 0.166. The molecule has 3 aromatic rings. The van der Waals surface area contributed by atoms with Gasteiger partial charge in [-0.25, -0.2) is 4.99 Å². The van der Waals surface area contributed by atoms with Crippen LogP contribution in [0.4, 0.5) is 0 Å². The van der Waals surface area contributed by atoms with E-state index in [1.807, 2.05) is 30.3 Å². The maximum Gasteiger partial charge on any atom is 0.310 e. The third kappa shape index (κ3) is 2.70. The molecule has 0 fully saturated rings. The summed E-state index contributed by atoms with van der Waals surface area (Å²) in [5.41, 5.74) is 1.38. The summed E-state index contributed by atoms with van der Waals surface area (Å²) in [6, 6.07) is 16.9. The molecule has 0 radical (unpaired) electrons. The molecule has 0 bridgehead atoms. The first-order valence-corrected chi connectivity index (χ1v) is 8.66. The van der Waals surface area contributed by atoms with Gasteiger partial charge in [0.15, 0.2) is 0 Å². The molecule has 0 atom stereocenters. The lowest BCUT2D eigenvalue weighted by Gasteiger charge is -2.04. The summed E-state index contributed by atoms with van der Waals surface area (Å²) < 4.78 is 1.31. The van der Waals surface area contributed by atoms with Crippen molar-refractivity contribution in [3.8, 4) is 5.88 Å². The molecule has 1 amide bonds. The Balaban J connectivity index is 1.76. The number of aromatic hydroxyl groups is 1. The van der Waals surface area contributed by atoms with Crippen LogP contribution in [0.2, 0.25) is 0 Å². The van der Waals surface area contributed by atoms with E-state index in [1.165, 1.54) is 4.57 Å². The first-order valence-electron chi connectivity index (χ1n) is 7.84. The van der Waals surface area contributed by atoms with Crippen molar-refractivity contribution in [2.75, 3.05) is 0 Å². The van der Waals surface area contributed by atoms with Crippen molar-refractivity contribution < 1.29 is 9.90 Å². The molecule has 6 heteroatoms. The highest BCUT2D eigenvalue weighted by Crippen LogP contribution is 2.28. The van der Waals surface area contributed by atoms with Gasteiger partial charge in [0.25, 0.3) is 5.91 Å². The highest BCUT2D eigenvalue weighted by atomic mass is 32.1. The van der Waals surface area contributed by atoms with Crippen LogP contribution in [-0.4, -0.2) is 15.6 Å². The number of hydrogen-bond donors (Lipinski definition) is 1. The van der Waals surface area contributed by atoms with E-state index < -0.39 is 5.91 Å². The van der Waals surface area contributed by atoms with Gasteiger partial charge in [-0.1, -0.05) is 59.9 Å². The van der Waals surface area contributed by atoms with Crippen molar-refractivity contribution in [2.24, 2.45) is 4.99 Å². The van der Waals surface area contributed by atoms with Gasteiger partial charge in [-0.3, -0.25) is 14.2 Å². The van der Waals surface area contributed by atoms with Gasteiger partial charge in [-0.15, -0.1) is 0 Å². The van der Waals surface area contributed by atoms with Crippen molar-refractivity contribution in [3.63, 3.8) is 0 Å². The van der Waals surface area contributed by atoms with E-state index in [-0.39, 0.29) is 15.6 Å². The molecule has 0 saturated heterocycles. The van der Waals surface area contributed by atoms with Crippen molar-refractivity contribution in [1.29, 1.82) is 0 Å². The fraction of sp³-hybridized carbons (Fsp3) is 0.105. The topological polar surface area (TPSA) is 71.7 Å². The average molecular weight is 350 g/mol. The van der Waals surface area contributed by atoms with Gasteiger partial charge in [0, 0.05) is 11.8 Å². The predicted molar refractivity (Wildman–Crippen MR) is 95.1 cm³/mol. The Morgan fingerprint density at radius 3 is 2.52 bits per heavy atom. The molecule has 0 aliphatic carbocycles. The summed E-state index contributed by atoms with van der Waals surface area (Å²) in [6.07, 6.45) is 0.620. The van der Waals surface area contributed by atoms with Crippen LogP contribution in [0.15, 0.2) is 64.4 Å². The third-order valence-corrected chi connectivity index (χ3v) is 5.16. The zero-order chi connectivity index (χ0) is 17.4. The van der Waals surface area contributed by atoms with E-state index in [0.29, 0.717) is 29.1 Å². The van der Waals surface area contributed by atoms with E-state index in [9.17, 15) is 14.7 Å². The normalized spacial score (nSPS) is 13.0. The minimum atomic E-state index is -0.423. The minimum Gasteiger partial charge on any atom is -0.493 e. The van der Waals surface area contributed by atoms with Gasteiger partial charge < -0.3 is 5.11 Å². The van der Waals surface area contributed by atoms with Crippen LogP contribution in [0.25, 0.3) is 5.57 Å². The molecule has 1 aliphatic heterocycles. The maximum absolute atomic E-state index is 12.3. The quantitative estimate of drug-likeness (QED) is 0.769. The SMILES string of the molecule is O=C1N=c2ccccc2=C1c1sc(=O)n(CCc2ccccc2)c1O. The summed E-state index contributed by atoms with van der Waals surface area (Å²) in [6.45, 7) is 0.353. The molecular formula is C19H14N2O3S. The molecule has 5 nitrogen and oxygen atoms in total. The fourth-order valence-corrected chi connectivity index (χ4v) is 3.89. The summed E-state index contributed by atoms with van der Waals surface area (Å²) in [4.78, 5) is 28.6. The fourth-order valence-electron chi connectivity index (χ4n) is 2.93. The molecule has 1 N–H and O–H groups in total. The van der Waals surface area contributed by atoms with E-state index in [2.05, 4.69) is 4.99 Å². The standard InChI is InChI=1S/C19H14N2O3S/c22-17-15(13-8-4-5-9-14(13)20-17)16-18(23)21(19(24)25-16)11-10-12-6-2-1-3-7-12/h1-9,23H,10-11H2. The van der Waals surface area contributed by atoms with Crippen LogP contribution >= 0.6 is 11.3 Å². The number of aryl methyl sites for hydroxylation is 1. The van der Waals surface area contributed by atoms with Gasteiger partial charge >= 0.3 is 4.87 Å². The van der Waals surface area contributed by atoms with Gasteiger partial charge in [0.05, 0.1) is 10.9 Å². The zero-order valence-corrected chi connectivity index (χ0v) is 14.0. The van der Waals surface area contributed by atoms with Gasteiger partial charge in [0.1, 0.15) is 4.88 Å². The summed E-state index contributed by atoms with van der Waals surface area (Å²) >= 11 is 0.880. The van der Waals surface area contributed by atoms with E-state index in [0.717, 1.165) is 16.9 Å². The summed E-state index contributed by atoms with van der Waals surface area (Å²) in [5.74, 6) is -0.589. The largest absolute Gasteiger partial charge is 0.493 e. The van der Waals surface area contributed by atoms with Crippen LogP contribution in [0, 0.1) is 0 Å². The lowest BCUT2D eigenvalue weighted by molar-refractivity contribution is -0.112. The molecule has 2 heterocycles. The van der Waals surface area contributed by atoms with Gasteiger partial charge in [0.2, 0.25) is 5.88 Å². The Morgan fingerprint density at radius 1 is 1.00 bits per heavy atom. The molecule has 1 aromatic heterocycles. The van der Waals surface area contributed by atoms with Crippen molar-refractivity contribution in [1.82, 2.24) is 4.57 Å². The average Bonchev–Trinajstić information content (AvgIpc) is 3.09. The van der Waals surface area contributed by atoms with Crippen molar-refractivity contribution in [2.45, 2.75) is 13.0 Å². The van der Waals surface area contributed by atoms with Gasteiger partial charge in [-0.2, -0.15) is 0 Å². The molecular weight excluding hydrogens is 336 g/mol. The lowest BCUT2D eigenvalue weighted by atomic mass is 10.1. The second kappa shape index (κ2) is 6.14. The number of fused-ring (bicyclic) bond motifs is 1. The monoisotopic (exact) mass is 350 g/mol. The molecule has 0 unspecified atom stereocenters. The lowest BCUT2D eigenvalue weighted by Crippen LogP contribution is -2.22. The first kappa shape index (κ1) is 15.5. The molecule has 2 aromatic carbocycles. The number of rotatable bonds is 4. The highest BCUT2D eigenvalue weighted by Gasteiger charge is 2.25. The van der Waals surface area contributed by atoms with Crippen LogP contribution in [0.1, 0.15) is 10.4 Å². The first-order chi connectivity index (χ1) is 12.1. The number of amides is 1. The molecule has 124 valence electrons. The summed E-state index contributed by atoms with van der Waals surface area (Å²) in [5, 5.41) is 11.8. The van der Waals surface area contributed by atoms with Crippen LogP contribution in [-0.2, 0) is 17.8 Å². The van der Waals surface area contributed by atoms with Crippen LogP contribution in [0.3, 0.4) is 0 Å². The number of para-hydroxylation sites is 1. The summed E-state index contributed by atoms with van der Waals surface area (Å²) in [7, 11) is 0. The van der Waals surface area contributed by atoms with E-state index in [4.69, 9.17) is 0 Å². The molecule has 0 spiro atoms. The Kier molecular flexibility index (Phi) is 3.82. The second-order valence-corrected chi connectivity index (χ2v) is 6.68. The molecule has 25 heavy (non-hydrogen) atoms. The van der Waals surface area contributed by atoms with Gasteiger partial charge in [-0.05, 0) is 18.1 Å². The Morgan fingerprint density at radius 2 is 1.72 bits per heavy atom. The van der Waals surface area contributed by atoms with Crippen molar-refractivity contribution in [3.05, 3.63) is 85.3 Å². The number of benzene rings is 2. The Bertz CT molecular complexity index is 1140. The molecule has 0 saturated carbocycles. The number of hydrogen-bond acceptors (Lipinski definition) is 4. The number of aromatic nitrogens is 1. The smallest absolute Gasteiger partial charge is 0.310 e. The van der Waals surface area contributed by atoms with E-state index in [1.54, 1.807) is 24.3 Å².